The third-order valence-electron chi connectivity index (χ3n) is 3.00. The normalized spacial score (nSPS) is 18.4. The van der Waals surface area contributed by atoms with E-state index in [0.29, 0.717) is 18.4 Å². The van der Waals surface area contributed by atoms with Crippen molar-refractivity contribution in [3.63, 3.8) is 0 Å². The summed E-state index contributed by atoms with van der Waals surface area (Å²) in [6, 6.07) is 2.06. The van der Waals surface area contributed by atoms with Gasteiger partial charge in [-0.05, 0) is 19.8 Å². The molecule has 1 fully saturated rings. The zero-order valence-electron chi connectivity index (χ0n) is 11.7. The summed E-state index contributed by atoms with van der Waals surface area (Å²) in [5.74, 6) is 1.02. The first-order valence-corrected chi connectivity index (χ1v) is 6.26. The van der Waals surface area contributed by atoms with E-state index < -0.39 is 0 Å². The van der Waals surface area contributed by atoms with Crippen molar-refractivity contribution >= 4 is 12.6 Å². The van der Waals surface area contributed by atoms with Gasteiger partial charge in [-0.2, -0.15) is 0 Å². The summed E-state index contributed by atoms with van der Waals surface area (Å²) in [7, 11) is 1.32. The molecule has 98 valence electrons. The quantitative estimate of drug-likeness (QED) is 0.765. The lowest BCUT2D eigenvalue weighted by molar-refractivity contribution is 0.137. The molecule has 0 radical (unpaired) electrons. The molecule has 0 N–H and O–H groups in total. The Balaban J connectivity index is 2.27. The minimum Gasteiger partial charge on any atom is -0.481 e. The molecule has 0 saturated carbocycles. The van der Waals surface area contributed by atoms with Gasteiger partial charge in [0.2, 0.25) is 5.88 Å². The maximum absolute atomic E-state index is 5.84. The van der Waals surface area contributed by atoms with E-state index in [1.165, 1.54) is 0 Å². The van der Waals surface area contributed by atoms with Crippen molar-refractivity contribution < 1.29 is 14.0 Å². The fourth-order valence-corrected chi connectivity index (χ4v) is 2.00. The lowest BCUT2D eigenvalue weighted by Crippen LogP contribution is -2.35. The SMILES string of the molecule is COc1ncc(B2OCC(C)(C)O2)cc1C(C)C. The van der Waals surface area contributed by atoms with Crippen molar-refractivity contribution in [2.45, 2.75) is 39.2 Å². The number of hydrogen-bond acceptors (Lipinski definition) is 4. The van der Waals surface area contributed by atoms with Crippen LogP contribution in [0.1, 0.15) is 39.2 Å². The van der Waals surface area contributed by atoms with Gasteiger partial charge in [-0.1, -0.05) is 19.9 Å². The minimum atomic E-state index is -0.323. The van der Waals surface area contributed by atoms with Crippen molar-refractivity contribution in [2.24, 2.45) is 0 Å². The minimum absolute atomic E-state index is 0.234. The second-order valence-corrected chi connectivity index (χ2v) is 5.54. The van der Waals surface area contributed by atoms with Gasteiger partial charge in [0, 0.05) is 17.2 Å². The number of pyridine rings is 1. The maximum Gasteiger partial charge on any atom is 0.496 e. The molecule has 1 aliphatic rings. The van der Waals surface area contributed by atoms with Crippen molar-refractivity contribution in [1.82, 2.24) is 4.98 Å². The highest BCUT2D eigenvalue weighted by atomic mass is 16.7. The summed E-state index contributed by atoms with van der Waals surface area (Å²) in [4.78, 5) is 4.33. The van der Waals surface area contributed by atoms with Crippen LogP contribution in [0.15, 0.2) is 12.3 Å². The van der Waals surface area contributed by atoms with Crippen LogP contribution >= 0.6 is 0 Å². The van der Waals surface area contributed by atoms with Crippen LogP contribution in [-0.4, -0.2) is 31.4 Å². The average molecular weight is 249 g/mol. The zero-order valence-corrected chi connectivity index (χ0v) is 11.7. The van der Waals surface area contributed by atoms with Crippen LogP contribution in [0.5, 0.6) is 5.88 Å². The Morgan fingerprint density at radius 3 is 2.67 bits per heavy atom. The molecule has 2 heterocycles. The molecule has 5 heteroatoms. The summed E-state index contributed by atoms with van der Waals surface area (Å²) in [6.45, 7) is 8.87. The molecule has 2 rings (SSSR count). The van der Waals surface area contributed by atoms with Crippen LogP contribution in [0.3, 0.4) is 0 Å². The van der Waals surface area contributed by atoms with Gasteiger partial charge >= 0.3 is 7.12 Å². The molecule has 4 nitrogen and oxygen atoms in total. The molecule has 18 heavy (non-hydrogen) atoms. The molecule has 0 atom stereocenters. The maximum atomic E-state index is 5.84. The number of ether oxygens (including phenoxy) is 1. The van der Waals surface area contributed by atoms with Gasteiger partial charge in [-0.3, -0.25) is 0 Å². The van der Waals surface area contributed by atoms with Crippen LogP contribution in [0.25, 0.3) is 0 Å². The van der Waals surface area contributed by atoms with E-state index in [-0.39, 0.29) is 12.7 Å². The van der Waals surface area contributed by atoms with Gasteiger partial charge in [-0.25, -0.2) is 4.98 Å². The molecule has 1 aromatic rings. The Labute approximate surface area is 109 Å². The molecule has 1 aliphatic heterocycles. The zero-order chi connectivity index (χ0) is 13.3. The first-order valence-electron chi connectivity index (χ1n) is 6.26. The molecular weight excluding hydrogens is 229 g/mol. The Hall–Kier alpha value is -1.07. The summed E-state index contributed by atoms with van der Waals surface area (Å²) in [5.41, 5.74) is 1.79. The van der Waals surface area contributed by atoms with Crippen molar-refractivity contribution in [1.29, 1.82) is 0 Å². The highest BCUT2D eigenvalue weighted by molar-refractivity contribution is 6.61. The van der Waals surface area contributed by atoms with Crippen molar-refractivity contribution in [3.8, 4) is 5.88 Å². The van der Waals surface area contributed by atoms with E-state index in [9.17, 15) is 0 Å². The molecule has 0 aliphatic carbocycles. The summed E-state index contributed by atoms with van der Waals surface area (Å²) < 4.78 is 16.8. The largest absolute Gasteiger partial charge is 0.496 e. The van der Waals surface area contributed by atoms with Gasteiger partial charge in [-0.15, -0.1) is 0 Å². The van der Waals surface area contributed by atoms with Crippen LogP contribution in [0.4, 0.5) is 0 Å². The van der Waals surface area contributed by atoms with Crippen molar-refractivity contribution in [3.05, 3.63) is 17.8 Å². The first-order chi connectivity index (χ1) is 8.43. The topological polar surface area (TPSA) is 40.6 Å². The second-order valence-electron chi connectivity index (χ2n) is 5.54. The van der Waals surface area contributed by atoms with Gasteiger partial charge < -0.3 is 14.0 Å². The predicted molar refractivity (Wildman–Crippen MR) is 71.4 cm³/mol. The van der Waals surface area contributed by atoms with Crippen LogP contribution in [-0.2, 0) is 9.31 Å². The number of aromatic nitrogens is 1. The molecule has 0 aromatic carbocycles. The van der Waals surface area contributed by atoms with E-state index in [4.69, 9.17) is 14.0 Å². The number of nitrogens with zero attached hydrogens (tertiary/aromatic N) is 1. The van der Waals surface area contributed by atoms with Gasteiger partial charge in [0.05, 0.1) is 19.3 Å². The average Bonchev–Trinajstić information content (AvgIpc) is 2.68. The molecule has 1 saturated heterocycles. The Morgan fingerprint density at radius 1 is 1.44 bits per heavy atom. The van der Waals surface area contributed by atoms with Gasteiger partial charge in [0.15, 0.2) is 0 Å². The number of methoxy groups -OCH3 is 1. The summed E-state index contributed by atoms with van der Waals surface area (Å²) in [6.07, 6.45) is 1.76. The fraction of sp³-hybridized carbons (Fsp3) is 0.615. The highest BCUT2D eigenvalue weighted by Crippen LogP contribution is 2.24. The molecular formula is C13H20BNO3. The van der Waals surface area contributed by atoms with E-state index in [1.54, 1.807) is 13.3 Å². The fourth-order valence-electron chi connectivity index (χ4n) is 2.00. The second kappa shape index (κ2) is 4.90. The van der Waals surface area contributed by atoms with E-state index >= 15 is 0 Å². The monoisotopic (exact) mass is 249 g/mol. The lowest BCUT2D eigenvalue weighted by atomic mass is 9.79. The summed E-state index contributed by atoms with van der Waals surface area (Å²) >= 11 is 0. The summed E-state index contributed by atoms with van der Waals surface area (Å²) in [5, 5.41) is 0. The Morgan fingerprint density at radius 2 is 2.17 bits per heavy atom. The highest BCUT2D eigenvalue weighted by Gasteiger charge is 2.38. The third-order valence-corrected chi connectivity index (χ3v) is 3.00. The van der Waals surface area contributed by atoms with Crippen LogP contribution < -0.4 is 10.2 Å². The Kier molecular flexibility index (Phi) is 3.64. The van der Waals surface area contributed by atoms with Crippen molar-refractivity contribution in [2.75, 3.05) is 13.7 Å². The van der Waals surface area contributed by atoms with E-state index in [0.717, 1.165) is 11.0 Å². The molecule has 0 spiro atoms. The molecule has 1 aromatic heterocycles. The predicted octanol–water partition coefficient (Wildman–Crippen LogP) is 1.73. The molecule has 0 amide bonds. The van der Waals surface area contributed by atoms with E-state index in [1.807, 2.05) is 13.8 Å². The van der Waals surface area contributed by atoms with Gasteiger partial charge in [0.25, 0.3) is 0 Å². The standard InChI is InChI=1S/C13H20BNO3/c1-9(2)11-6-10(7-15-12(11)16-5)14-17-8-13(3,4)18-14/h6-7,9H,8H2,1-5H3. The smallest absolute Gasteiger partial charge is 0.481 e. The van der Waals surface area contributed by atoms with Gasteiger partial charge in [0.1, 0.15) is 0 Å². The van der Waals surface area contributed by atoms with E-state index in [2.05, 4.69) is 24.9 Å². The van der Waals surface area contributed by atoms with Crippen LogP contribution in [0.2, 0.25) is 0 Å². The first kappa shape index (κ1) is 13.4. The molecule has 0 unspecified atom stereocenters. The number of hydrogen-bond donors (Lipinski definition) is 0. The van der Waals surface area contributed by atoms with Crippen LogP contribution in [0, 0.1) is 0 Å². The third kappa shape index (κ3) is 2.67. The Bertz CT molecular complexity index is 434. The molecule has 0 bridgehead atoms. The number of rotatable bonds is 3. The lowest BCUT2D eigenvalue weighted by Gasteiger charge is -2.16.